The molecule has 4 rings (SSSR count). The highest BCUT2D eigenvalue weighted by Gasteiger charge is 2.17. The maximum Gasteiger partial charge on any atom is 0.281 e. The van der Waals surface area contributed by atoms with E-state index in [2.05, 4.69) is 16.5 Å². The molecular weight excluding hydrogens is 390 g/mol. The van der Waals surface area contributed by atoms with Gasteiger partial charge in [-0.1, -0.05) is 36.4 Å². The molecule has 0 aliphatic carbocycles. The van der Waals surface area contributed by atoms with Gasteiger partial charge in [-0.2, -0.15) is 0 Å². The van der Waals surface area contributed by atoms with E-state index in [1.54, 1.807) is 11.3 Å². The summed E-state index contributed by atoms with van der Waals surface area (Å²) in [6.45, 7) is 1.99. The molecule has 0 bridgehead atoms. The van der Waals surface area contributed by atoms with E-state index >= 15 is 0 Å². The van der Waals surface area contributed by atoms with Gasteiger partial charge in [0.1, 0.15) is 11.2 Å². The standard InChI is InChI=1S/C21H19N3O2S2/c1-14-18(15-7-3-2-4-8-15)19-20(28-14)22-13-24(21(19)26)23-17(25)11-5-9-16-10-6-12-27-16/h2-4,6-8,10,12-13H,5,9,11H2,1H3,(H,23,25). The zero-order valence-corrected chi connectivity index (χ0v) is 17.0. The second-order valence-electron chi connectivity index (χ2n) is 6.47. The van der Waals surface area contributed by atoms with Crippen LogP contribution in [-0.4, -0.2) is 15.6 Å². The summed E-state index contributed by atoms with van der Waals surface area (Å²) < 4.78 is 1.20. The first-order chi connectivity index (χ1) is 13.6. The van der Waals surface area contributed by atoms with Gasteiger partial charge in [0.25, 0.3) is 5.56 Å². The Morgan fingerprint density at radius 1 is 1.18 bits per heavy atom. The molecule has 0 spiro atoms. The summed E-state index contributed by atoms with van der Waals surface area (Å²) in [5.41, 5.74) is 4.30. The van der Waals surface area contributed by atoms with Crippen molar-refractivity contribution in [3.63, 3.8) is 0 Å². The van der Waals surface area contributed by atoms with Crippen LogP contribution in [0, 0.1) is 6.92 Å². The van der Waals surface area contributed by atoms with Gasteiger partial charge in [0, 0.05) is 21.7 Å². The van der Waals surface area contributed by atoms with Gasteiger partial charge in [-0.05, 0) is 36.8 Å². The first-order valence-electron chi connectivity index (χ1n) is 9.02. The van der Waals surface area contributed by atoms with Gasteiger partial charge in [0.15, 0.2) is 0 Å². The molecule has 0 saturated carbocycles. The van der Waals surface area contributed by atoms with Crippen molar-refractivity contribution in [2.45, 2.75) is 26.2 Å². The molecule has 5 nitrogen and oxygen atoms in total. The number of fused-ring (bicyclic) bond motifs is 1. The average molecular weight is 410 g/mol. The summed E-state index contributed by atoms with van der Waals surface area (Å²) >= 11 is 3.18. The highest BCUT2D eigenvalue weighted by molar-refractivity contribution is 7.19. The molecule has 1 amide bonds. The molecule has 0 saturated heterocycles. The Morgan fingerprint density at radius 3 is 2.75 bits per heavy atom. The lowest BCUT2D eigenvalue weighted by molar-refractivity contribution is -0.117. The quantitative estimate of drug-likeness (QED) is 0.507. The predicted molar refractivity (Wildman–Crippen MR) is 116 cm³/mol. The van der Waals surface area contributed by atoms with Crippen molar-refractivity contribution in [3.05, 3.63) is 74.3 Å². The minimum Gasteiger partial charge on any atom is -0.273 e. The summed E-state index contributed by atoms with van der Waals surface area (Å²) in [4.78, 5) is 32.7. The van der Waals surface area contributed by atoms with Gasteiger partial charge in [0.05, 0.1) is 5.39 Å². The van der Waals surface area contributed by atoms with Crippen LogP contribution in [0.15, 0.2) is 59.0 Å². The Morgan fingerprint density at radius 2 is 2.00 bits per heavy atom. The molecule has 0 fully saturated rings. The van der Waals surface area contributed by atoms with E-state index in [-0.39, 0.29) is 11.5 Å². The highest BCUT2D eigenvalue weighted by atomic mass is 32.1. The third-order valence-electron chi connectivity index (χ3n) is 4.50. The van der Waals surface area contributed by atoms with Gasteiger partial charge < -0.3 is 0 Å². The molecule has 0 aliphatic heterocycles. The van der Waals surface area contributed by atoms with E-state index in [4.69, 9.17) is 0 Å². The summed E-state index contributed by atoms with van der Waals surface area (Å²) in [5, 5.41) is 2.58. The highest BCUT2D eigenvalue weighted by Crippen LogP contribution is 2.35. The number of nitrogens with one attached hydrogen (secondary N) is 1. The van der Waals surface area contributed by atoms with Crippen LogP contribution in [0.4, 0.5) is 0 Å². The molecular formula is C21H19N3O2S2. The van der Waals surface area contributed by atoms with Crippen LogP contribution in [0.2, 0.25) is 0 Å². The van der Waals surface area contributed by atoms with Gasteiger partial charge in [-0.3, -0.25) is 15.0 Å². The normalized spacial score (nSPS) is 11.0. The molecule has 1 aromatic carbocycles. The molecule has 7 heteroatoms. The first kappa shape index (κ1) is 18.6. The molecule has 0 atom stereocenters. The summed E-state index contributed by atoms with van der Waals surface area (Å²) in [5.74, 6) is -0.187. The number of nitrogens with zero attached hydrogens (tertiary/aromatic N) is 2. The lowest BCUT2D eigenvalue weighted by atomic mass is 10.0. The number of carbonyl (C=O) groups excluding carboxylic acids is 1. The van der Waals surface area contributed by atoms with Gasteiger partial charge in [-0.15, -0.1) is 22.7 Å². The topological polar surface area (TPSA) is 64.0 Å². The molecule has 0 aliphatic rings. The molecule has 0 unspecified atom stereocenters. The SMILES string of the molecule is Cc1sc2ncn(NC(=O)CCCc3cccs3)c(=O)c2c1-c1ccccc1. The second kappa shape index (κ2) is 8.08. The third-order valence-corrected chi connectivity index (χ3v) is 6.45. The Bertz CT molecular complexity index is 1160. The minimum atomic E-state index is -0.250. The van der Waals surface area contributed by atoms with Crippen LogP contribution in [0.25, 0.3) is 21.3 Å². The van der Waals surface area contributed by atoms with Crippen LogP contribution in [0.5, 0.6) is 0 Å². The van der Waals surface area contributed by atoms with Crippen molar-refractivity contribution >= 4 is 38.8 Å². The van der Waals surface area contributed by atoms with Crippen LogP contribution in [0.1, 0.15) is 22.6 Å². The van der Waals surface area contributed by atoms with E-state index in [0.717, 1.165) is 28.8 Å². The van der Waals surface area contributed by atoms with E-state index in [1.165, 1.54) is 27.2 Å². The van der Waals surface area contributed by atoms with E-state index in [1.807, 2.05) is 48.7 Å². The minimum absolute atomic E-state index is 0.187. The number of hydrogen-bond acceptors (Lipinski definition) is 5. The maximum atomic E-state index is 13.0. The predicted octanol–water partition coefficient (Wildman–Crippen LogP) is 4.59. The number of amides is 1. The number of hydrogen-bond donors (Lipinski definition) is 1. The lowest BCUT2D eigenvalue weighted by Crippen LogP contribution is -2.33. The Hall–Kier alpha value is -2.77. The fraction of sp³-hybridized carbons (Fsp3) is 0.190. The van der Waals surface area contributed by atoms with Crippen molar-refractivity contribution < 1.29 is 4.79 Å². The molecule has 3 aromatic heterocycles. The molecule has 4 aromatic rings. The Kier molecular flexibility index (Phi) is 5.36. The fourth-order valence-electron chi connectivity index (χ4n) is 3.20. The van der Waals surface area contributed by atoms with Gasteiger partial charge in [0.2, 0.25) is 5.91 Å². The maximum absolute atomic E-state index is 13.0. The molecule has 142 valence electrons. The Labute approximate surface area is 170 Å². The monoisotopic (exact) mass is 409 g/mol. The van der Waals surface area contributed by atoms with Crippen LogP contribution < -0.4 is 11.0 Å². The fourth-order valence-corrected chi connectivity index (χ4v) is 4.96. The number of aryl methyl sites for hydroxylation is 2. The average Bonchev–Trinajstić information content (AvgIpc) is 3.32. The van der Waals surface area contributed by atoms with Crippen LogP contribution in [-0.2, 0) is 11.2 Å². The third kappa shape index (κ3) is 3.76. The van der Waals surface area contributed by atoms with Crippen molar-refractivity contribution in [1.29, 1.82) is 0 Å². The number of thiophene rings is 2. The van der Waals surface area contributed by atoms with E-state index in [0.29, 0.717) is 16.6 Å². The van der Waals surface area contributed by atoms with Crippen molar-refractivity contribution in [1.82, 2.24) is 9.66 Å². The van der Waals surface area contributed by atoms with Crippen molar-refractivity contribution in [2.24, 2.45) is 0 Å². The molecule has 28 heavy (non-hydrogen) atoms. The number of rotatable bonds is 6. The van der Waals surface area contributed by atoms with Crippen LogP contribution in [0.3, 0.4) is 0 Å². The lowest BCUT2D eigenvalue weighted by Gasteiger charge is -2.08. The number of benzene rings is 1. The summed E-state index contributed by atoms with van der Waals surface area (Å²) in [7, 11) is 0. The zero-order valence-electron chi connectivity index (χ0n) is 15.3. The largest absolute Gasteiger partial charge is 0.281 e. The summed E-state index contributed by atoms with van der Waals surface area (Å²) in [6.07, 6.45) is 3.35. The summed E-state index contributed by atoms with van der Waals surface area (Å²) in [6, 6.07) is 13.9. The molecule has 0 radical (unpaired) electrons. The van der Waals surface area contributed by atoms with Gasteiger partial charge >= 0.3 is 0 Å². The number of aromatic nitrogens is 2. The zero-order chi connectivity index (χ0) is 19.5. The van der Waals surface area contributed by atoms with Crippen molar-refractivity contribution in [2.75, 3.05) is 5.43 Å². The smallest absolute Gasteiger partial charge is 0.273 e. The second-order valence-corrected chi connectivity index (χ2v) is 8.70. The molecule has 1 N–H and O–H groups in total. The first-order valence-corrected chi connectivity index (χ1v) is 10.7. The van der Waals surface area contributed by atoms with Crippen LogP contribution >= 0.6 is 22.7 Å². The molecule has 3 heterocycles. The van der Waals surface area contributed by atoms with Crippen molar-refractivity contribution in [3.8, 4) is 11.1 Å². The Balaban J connectivity index is 1.57. The van der Waals surface area contributed by atoms with E-state index < -0.39 is 0 Å². The number of carbonyl (C=O) groups is 1. The van der Waals surface area contributed by atoms with Gasteiger partial charge in [-0.25, -0.2) is 9.66 Å². The van der Waals surface area contributed by atoms with E-state index in [9.17, 15) is 9.59 Å².